The van der Waals surface area contributed by atoms with E-state index in [-0.39, 0.29) is 17.9 Å². The fourth-order valence-corrected chi connectivity index (χ4v) is 4.46. The van der Waals surface area contributed by atoms with Crippen LogP contribution >= 0.6 is 0 Å². The molecular weight excluding hydrogens is 350 g/mol. The molecular formula is C24H39NO3. The normalized spacial score (nSPS) is 28.1. The SMILES string of the molecule is CCCCC[C@H](O)C=C[C@@H]1[C@H]2CC(C=CCCCC(=O)N(C)C)=C[C@H]2C[C@H]1O. The first-order chi connectivity index (χ1) is 13.4. The molecule has 0 saturated heterocycles. The Morgan fingerprint density at radius 3 is 2.82 bits per heavy atom. The summed E-state index contributed by atoms with van der Waals surface area (Å²) >= 11 is 0. The van der Waals surface area contributed by atoms with Crippen molar-refractivity contribution in [2.75, 3.05) is 14.1 Å². The highest BCUT2D eigenvalue weighted by Crippen LogP contribution is 2.47. The molecule has 0 aromatic rings. The fraction of sp³-hybridized carbons (Fsp3) is 0.708. The predicted octanol–water partition coefficient (Wildman–Crippen LogP) is 4.24. The van der Waals surface area contributed by atoms with E-state index < -0.39 is 6.10 Å². The minimum Gasteiger partial charge on any atom is -0.392 e. The Balaban J connectivity index is 1.78. The average molecular weight is 390 g/mol. The molecule has 2 N–H and O–H groups in total. The van der Waals surface area contributed by atoms with Crippen molar-refractivity contribution in [2.24, 2.45) is 17.8 Å². The van der Waals surface area contributed by atoms with Gasteiger partial charge in [-0.1, -0.05) is 62.1 Å². The maximum Gasteiger partial charge on any atom is 0.222 e. The van der Waals surface area contributed by atoms with Crippen LogP contribution in [0.5, 0.6) is 0 Å². The maximum atomic E-state index is 11.6. The van der Waals surface area contributed by atoms with E-state index in [4.69, 9.17) is 0 Å². The number of hydrogen-bond acceptors (Lipinski definition) is 3. The molecule has 1 saturated carbocycles. The molecule has 0 unspecified atom stereocenters. The number of carbonyl (C=O) groups is 1. The molecule has 1 amide bonds. The third-order valence-corrected chi connectivity index (χ3v) is 6.15. The van der Waals surface area contributed by atoms with Crippen LogP contribution in [0.3, 0.4) is 0 Å². The van der Waals surface area contributed by atoms with Crippen molar-refractivity contribution in [2.45, 2.75) is 76.9 Å². The van der Waals surface area contributed by atoms with Crippen LogP contribution < -0.4 is 0 Å². The summed E-state index contributed by atoms with van der Waals surface area (Å²) in [7, 11) is 3.59. The van der Waals surface area contributed by atoms with Gasteiger partial charge in [-0.3, -0.25) is 4.79 Å². The standard InChI is InChI=1S/C24H39NO3/c1-4-5-7-11-20(26)13-14-21-22-16-18(15-19(22)17-23(21)27)10-8-6-9-12-24(28)25(2)3/h8,10,13-15,19-23,26-27H,4-7,9,11-12,16-17H2,1-3H3/t19-,20-,21+,22-,23+/m0/s1. The lowest BCUT2D eigenvalue weighted by molar-refractivity contribution is -0.128. The Bertz CT molecular complexity index is 578. The first-order valence-electron chi connectivity index (χ1n) is 11.0. The molecule has 4 nitrogen and oxygen atoms in total. The number of aliphatic hydroxyl groups is 2. The van der Waals surface area contributed by atoms with E-state index in [0.717, 1.165) is 51.4 Å². The van der Waals surface area contributed by atoms with Crippen molar-refractivity contribution in [3.8, 4) is 0 Å². The smallest absolute Gasteiger partial charge is 0.222 e. The van der Waals surface area contributed by atoms with Gasteiger partial charge in [0.15, 0.2) is 0 Å². The van der Waals surface area contributed by atoms with E-state index in [9.17, 15) is 15.0 Å². The molecule has 2 aliphatic rings. The van der Waals surface area contributed by atoms with Crippen LogP contribution in [0.15, 0.2) is 36.0 Å². The Labute approximate surface area is 171 Å². The van der Waals surface area contributed by atoms with Gasteiger partial charge >= 0.3 is 0 Å². The number of fused-ring (bicyclic) bond motifs is 1. The summed E-state index contributed by atoms with van der Waals surface area (Å²) in [6.07, 6.45) is 18.4. The summed E-state index contributed by atoms with van der Waals surface area (Å²) in [5, 5.41) is 20.6. The topological polar surface area (TPSA) is 60.8 Å². The van der Waals surface area contributed by atoms with E-state index in [0.29, 0.717) is 18.3 Å². The average Bonchev–Trinajstić information content (AvgIpc) is 3.16. The number of allylic oxidation sites excluding steroid dienone is 4. The van der Waals surface area contributed by atoms with E-state index in [1.807, 2.05) is 6.08 Å². The van der Waals surface area contributed by atoms with Crippen LogP contribution in [0.4, 0.5) is 0 Å². The molecule has 1 fully saturated rings. The quantitative estimate of drug-likeness (QED) is 0.410. The van der Waals surface area contributed by atoms with Crippen molar-refractivity contribution in [3.63, 3.8) is 0 Å². The van der Waals surface area contributed by atoms with Crippen LogP contribution in [0.25, 0.3) is 0 Å². The number of nitrogens with zero attached hydrogens (tertiary/aromatic N) is 1. The number of amides is 1. The highest BCUT2D eigenvalue weighted by atomic mass is 16.3. The first kappa shape index (κ1) is 22.9. The fourth-order valence-electron chi connectivity index (χ4n) is 4.46. The van der Waals surface area contributed by atoms with Crippen LogP contribution in [0.2, 0.25) is 0 Å². The molecule has 2 rings (SSSR count). The van der Waals surface area contributed by atoms with E-state index >= 15 is 0 Å². The second-order valence-corrected chi connectivity index (χ2v) is 8.68. The Morgan fingerprint density at radius 1 is 1.32 bits per heavy atom. The Morgan fingerprint density at radius 2 is 2.11 bits per heavy atom. The molecule has 0 spiro atoms. The Hall–Kier alpha value is -1.39. The predicted molar refractivity (Wildman–Crippen MR) is 115 cm³/mol. The lowest BCUT2D eigenvalue weighted by Gasteiger charge is -2.18. The van der Waals surface area contributed by atoms with Gasteiger partial charge in [-0.15, -0.1) is 0 Å². The molecule has 28 heavy (non-hydrogen) atoms. The van der Waals surface area contributed by atoms with E-state index in [1.165, 1.54) is 5.57 Å². The highest BCUT2D eigenvalue weighted by molar-refractivity contribution is 5.75. The zero-order chi connectivity index (χ0) is 20.5. The number of aliphatic hydroxyl groups excluding tert-OH is 2. The molecule has 0 bridgehead atoms. The number of carbonyl (C=O) groups excluding carboxylic acids is 1. The molecule has 0 heterocycles. The van der Waals surface area contributed by atoms with Crippen molar-refractivity contribution >= 4 is 5.91 Å². The molecule has 158 valence electrons. The molecule has 0 radical (unpaired) electrons. The van der Waals surface area contributed by atoms with Gasteiger partial charge in [-0.25, -0.2) is 0 Å². The number of unbranched alkanes of at least 4 members (excludes halogenated alkanes) is 3. The van der Waals surface area contributed by atoms with Crippen LogP contribution in [-0.4, -0.2) is 47.3 Å². The second kappa shape index (κ2) is 11.6. The highest BCUT2D eigenvalue weighted by Gasteiger charge is 2.42. The van der Waals surface area contributed by atoms with Gasteiger partial charge in [0, 0.05) is 26.4 Å². The molecule has 0 aliphatic heterocycles. The van der Waals surface area contributed by atoms with Crippen LogP contribution in [-0.2, 0) is 4.79 Å². The van der Waals surface area contributed by atoms with Gasteiger partial charge in [0.2, 0.25) is 5.91 Å². The molecule has 2 aliphatic carbocycles. The van der Waals surface area contributed by atoms with Crippen molar-refractivity contribution in [3.05, 3.63) is 36.0 Å². The van der Waals surface area contributed by atoms with Crippen molar-refractivity contribution in [1.29, 1.82) is 0 Å². The van der Waals surface area contributed by atoms with Gasteiger partial charge < -0.3 is 15.1 Å². The Kier molecular flexibility index (Phi) is 9.46. The third kappa shape index (κ3) is 6.89. The lowest BCUT2D eigenvalue weighted by atomic mass is 9.89. The summed E-state index contributed by atoms with van der Waals surface area (Å²) < 4.78 is 0. The van der Waals surface area contributed by atoms with Gasteiger partial charge in [-0.05, 0) is 43.9 Å². The maximum absolute atomic E-state index is 11.6. The van der Waals surface area contributed by atoms with Crippen molar-refractivity contribution in [1.82, 2.24) is 4.90 Å². The summed E-state index contributed by atoms with van der Waals surface area (Å²) in [5.74, 6) is 1.22. The van der Waals surface area contributed by atoms with Gasteiger partial charge in [0.1, 0.15) is 0 Å². The van der Waals surface area contributed by atoms with Gasteiger partial charge in [0.25, 0.3) is 0 Å². The summed E-state index contributed by atoms with van der Waals surface area (Å²) in [4.78, 5) is 13.2. The monoisotopic (exact) mass is 389 g/mol. The van der Waals surface area contributed by atoms with Gasteiger partial charge in [0.05, 0.1) is 12.2 Å². The molecule has 0 aromatic heterocycles. The first-order valence-corrected chi connectivity index (χ1v) is 11.0. The zero-order valence-corrected chi connectivity index (χ0v) is 17.9. The van der Waals surface area contributed by atoms with E-state index in [1.54, 1.807) is 19.0 Å². The zero-order valence-electron chi connectivity index (χ0n) is 17.9. The summed E-state index contributed by atoms with van der Waals surface area (Å²) in [5.41, 5.74) is 1.35. The number of rotatable bonds is 11. The second-order valence-electron chi connectivity index (χ2n) is 8.68. The minimum atomic E-state index is -0.392. The molecule has 5 atom stereocenters. The van der Waals surface area contributed by atoms with Gasteiger partial charge in [-0.2, -0.15) is 0 Å². The minimum absolute atomic E-state index is 0.144. The van der Waals surface area contributed by atoms with E-state index in [2.05, 4.69) is 31.2 Å². The largest absolute Gasteiger partial charge is 0.392 e. The molecule has 0 aromatic carbocycles. The molecule has 4 heteroatoms. The number of hydrogen-bond donors (Lipinski definition) is 2. The van der Waals surface area contributed by atoms with Crippen LogP contribution in [0.1, 0.15) is 64.7 Å². The summed E-state index contributed by atoms with van der Waals surface area (Å²) in [6, 6.07) is 0. The summed E-state index contributed by atoms with van der Waals surface area (Å²) in [6.45, 7) is 2.17. The van der Waals surface area contributed by atoms with Crippen molar-refractivity contribution < 1.29 is 15.0 Å². The lowest BCUT2D eigenvalue weighted by Crippen LogP contribution is -2.20. The van der Waals surface area contributed by atoms with Crippen LogP contribution in [0, 0.1) is 17.8 Å². The third-order valence-electron chi connectivity index (χ3n) is 6.15.